The fourth-order valence-electron chi connectivity index (χ4n) is 2.26. The predicted molar refractivity (Wildman–Crippen MR) is 96.5 cm³/mol. The molecule has 1 aromatic carbocycles. The van der Waals surface area contributed by atoms with E-state index in [1.807, 2.05) is 6.92 Å². The Labute approximate surface area is 161 Å². The van der Waals surface area contributed by atoms with E-state index >= 15 is 0 Å². The molecule has 2 rings (SSSR count). The second-order valence-electron chi connectivity index (χ2n) is 6.13. The standard InChI is InChI=1S/C18H22ClFN2O5/c1-11(22-18(24)16-6-3-12(2)26-27-16)7-8-21-17(23)10-25-13-4-5-14(19)15(20)9-13/h4-5,9,12,16H,1,3,6-8,10H2,2H3,(H,21,23)(H,22,24). The molecule has 2 unspecified atom stereocenters. The fourth-order valence-corrected chi connectivity index (χ4v) is 2.37. The van der Waals surface area contributed by atoms with Crippen LogP contribution in [0.1, 0.15) is 26.2 Å². The molecule has 0 spiro atoms. The maximum Gasteiger partial charge on any atom is 0.257 e. The molecule has 0 aliphatic carbocycles. The lowest BCUT2D eigenvalue weighted by atomic mass is 10.1. The average Bonchev–Trinajstić information content (AvgIpc) is 2.63. The average molecular weight is 401 g/mol. The van der Waals surface area contributed by atoms with Gasteiger partial charge in [-0.25, -0.2) is 14.2 Å². The molecule has 1 saturated heterocycles. The van der Waals surface area contributed by atoms with Crippen LogP contribution >= 0.6 is 11.6 Å². The van der Waals surface area contributed by atoms with Gasteiger partial charge in [-0.15, -0.1) is 0 Å². The second kappa shape index (κ2) is 10.2. The molecule has 2 N–H and O–H groups in total. The van der Waals surface area contributed by atoms with E-state index in [1.165, 1.54) is 12.1 Å². The molecule has 1 aromatic rings. The molecule has 1 aliphatic heterocycles. The van der Waals surface area contributed by atoms with E-state index in [4.69, 9.17) is 26.1 Å². The molecule has 0 aromatic heterocycles. The third-order valence-corrected chi connectivity index (χ3v) is 4.08. The van der Waals surface area contributed by atoms with Gasteiger partial charge in [0, 0.05) is 24.7 Å². The molecule has 1 heterocycles. The molecule has 1 aliphatic rings. The van der Waals surface area contributed by atoms with Crippen LogP contribution in [0.2, 0.25) is 5.02 Å². The van der Waals surface area contributed by atoms with Crippen LogP contribution in [-0.4, -0.2) is 37.2 Å². The monoisotopic (exact) mass is 400 g/mol. The zero-order valence-corrected chi connectivity index (χ0v) is 15.7. The maximum absolute atomic E-state index is 13.3. The highest BCUT2D eigenvalue weighted by atomic mass is 35.5. The van der Waals surface area contributed by atoms with Gasteiger partial charge in [-0.3, -0.25) is 9.59 Å². The van der Waals surface area contributed by atoms with Crippen LogP contribution in [0.15, 0.2) is 30.5 Å². The highest BCUT2D eigenvalue weighted by Gasteiger charge is 2.26. The number of benzene rings is 1. The van der Waals surface area contributed by atoms with Crippen molar-refractivity contribution in [3.8, 4) is 5.75 Å². The highest BCUT2D eigenvalue weighted by Crippen LogP contribution is 2.20. The van der Waals surface area contributed by atoms with E-state index in [9.17, 15) is 14.0 Å². The first-order valence-corrected chi connectivity index (χ1v) is 8.88. The van der Waals surface area contributed by atoms with Crippen LogP contribution in [0.5, 0.6) is 5.75 Å². The van der Waals surface area contributed by atoms with Gasteiger partial charge >= 0.3 is 0 Å². The Bertz CT molecular complexity index is 692. The van der Waals surface area contributed by atoms with Crippen molar-refractivity contribution < 1.29 is 28.5 Å². The van der Waals surface area contributed by atoms with E-state index in [-0.39, 0.29) is 41.8 Å². The van der Waals surface area contributed by atoms with E-state index in [1.54, 1.807) is 0 Å². The molecular formula is C18H22ClFN2O5. The number of ether oxygens (including phenoxy) is 1. The summed E-state index contributed by atoms with van der Waals surface area (Å²) < 4.78 is 18.5. The number of nitrogens with one attached hydrogen (secondary N) is 2. The minimum atomic E-state index is -0.666. The van der Waals surface area contributed by atoms with Crippen molar-refractivity contribution in [2.75, 3.05) is 13.2 Å². The number of hydrogen-bond acceptors (Lipinski definition) is 5. The van der Waals surface area contributed by atoms with Gasteiger partial charge in [0.05, 0.1) is 11.1 Å². The van der Waals surface area contributed by atoms with Crippen molar-refractivity contribution in [1.82, 2.24) is 10.6 Å². The number of rotatable bonds is 8. The molecule has 0 bridgehead atoms. The second-order valence-corrected chi connectivity index (χ2v) is 6.53. The van der Waals surface area contributed by atoms with Crippen LogP contribution < -0.4 is 15.4 Å². The summed E-state index contributed by atoms with van der Waals surface area (Å²) in [6.07, 6.45) is 0.953. The number of carbonyl (C=O) groups excluding carboxylic acids is 2. The zero-order chi connectivity index (χ0) is 19.8. The lowest BCUT2D eigenvalue weighted by Gasteiger charge is -2.25. The first-order valence-electron chi connectivity index (χ1n) is 8.50. The van der Waals surface area contributed by atoms with Crippen molar-refractivity contribution in [2.24, 2.45) is 0 Å². The van der Waals surface area contributed by atoms with Crippen LogP contribution in [0.3, 0.4) is 0 Å². The van der Waals surface area contributed by atoms with E-state index in [0.29, 0.717) is 18.5 Å². The number of amides is 2. The van der Waals surface area contributed by atoms with Gasteiger partial charge < -0.3 is 15.4 Å². The summed E-state index contributed by atoms with van der Waals surface area (Å²) in [6.45, 7) is 5.60. The Balaban J connectivity index is 1.61. The lowest BCUT2D eigenvalue weighted by Crippen LogP contribution is -2.40. The quantitative estimate of drug-likeness (QED) is 0.655. The summed E-state index contributed by atoms with van der Waals surface area (Å²) in [5.41, 5.74) is 0.447. The predicted octanol–water partition coefficient (Wildman–Crippen LogP) is 2.49. The molecule has 7 nitrogen and oxygen atoms in total. The molecule has 0 radical (unpaired) electrons. The summed E-state index contributed by atoms with van der Waals surface area (Å²) in [7, 11) is 0. The van der Waals surface area contributed by atoms with Gasteiger partial charge in [-0.05, 0) is 31.9 Å². The molecule has 9 heteroatoms. The van der Waals surface area contributed by atoms with Crippen LogP contribution in [-0.2, 0) is 19.4 Å². The Morgan fingerprint density at radius 3 is 2.81 bits per heavy atom. The topological polar surface area (TPSA) is 85.9 Å². The van der Waals surface area contributed by atoms with E-state index < -0.39 is 11.9 Å². The first-order chi connectivity index (χ1) is 12.8. The molecular weight excluding hydrogens is 379 g/mol. The zero-order valence-electron chi connectivity index (χ0n) is 14.9. The summed E-state index contributed by atoms with van der Waals surface area (Å²) in [6, 6.07) is 3.91. The lowest BCUT2D eigenvalue weighted by molar-refractivity contribution is -0.361. The Morgan fingerprint density at radius 1 is 1.37 bits per heavy atom. The van der Waals surface area contributed by atoms with Crippen molar-refractivity contribution in [2.45, 2.75) is 38.4 Å². The maximum atomic E-state index is 13.3. The summed E-state index contributed by atoms with van der Waals surface area (Å²) in [5, 5.41) is 5.23. The third-order valence-electron chi connectivity index (χ3n) is 3.77. The summed E-state index contributed by atoms with van der Waals surface area (Å²) in [4.78, 5) is 33.7. The minimum absolute atomic E-state index is 0.0212. The first kappa shape index (κ1) is 21.1. The van der Waals surface area contributed by atoms with Crippen molar-refractivity contribution in [1.29, 1.82) is 0 Å². The highest BCUT2D eigenvalue weighted by molar-refractivity contribution is 6.30. The molecule has 148 valence electrons. The third kappa shape index (κ3) is 7.16. The van der Waals surface area contributed by atoms with Gasteiger partial charge in [0.15, 0.2) is 12.7 Å². The number of halogens is 2. The Morgan fingerprint density at radius 2 is 2.15 bits per heavy atom. The molecule has 27 heavy (non-hydrogen) atoms. The van der Waals surface area contributed by atoms with Gasteiger partial charge in [0.25, 0.3) is 11.8 Å². The van der Waals surface area contributed by atoms with Gasteiger partial charge in [0.2, 0.25) is 0 Å². The largest absolute Gasteiger partial charge is 0.484 e. The number of hydrogen-bond donors (Lipinski definition) is 2. The Hall–Kier alpha value is -2.16. The van der Waals surface area contributed by atoms with Gasteiger partial charge in [0.1, 0.15) is 11.6 Å². The molecule has 2 atom stereocenters. The molecule has 0 saturated carbocycles. The fraction of sp³-hybridized carbons (Fsp3) is 0.444. The van der Waals surface area contributed by atoms with E-state index in [2.05, 4.69) is 17.2 Å². The van der Waals surface area contributed by atoms with Crippen LogP contribution in [0.25, 0.3) is 0 Å². The Kier molecular flexibility index (Phi) is 8.02. The van der Waals surface area contributed by atoms with Crippen LogP contribution in [0.4, 0.5) is 4.39 Å². The summed E-state index contributed by atoms with van der Waals surface area (Å²) >= 11 is 5.57. The SMILES string of the molecule is C=C(CCNC(=O)COc1ccc(Cl)c(F)c1)NC(=O)C1CCC(C)OO1. The summed E-state index contributed by atoms with van der Waals surface area (Å²) in [5.74, 6) is -1.13. The normalized spacial score (nSPS) is 19.2. The van der Waals surface area contributed by atoms with Crippen molar-refractivity contribution in [3.63, 3.8) is 0 Å². The van der Waals surface area contributed by atoms with Gasteiger partial charge in [-0.2, -0.15) is 0 Å². The van der Waals surface area contributed by atoms with E-state index in [0.717, 1.165) is 12.5 Å². The van der Waals surface area contributed by atoms with Crippen molar-refractivity contribution in [3.05, 3.63) is 41.3 Å². The molecule has 2 amide bonds. The van der Waals surface area contributed by atoms with Crippen LogP contribution in [0, 0.1) is 5.82 Å². The van der Waals surface area contributed by atoms with Gasteiger partial charge in [-0.1, -0.05) is 18.2 Å². The molecule has 1 fully saturated rings. The van der Waals surface area contributed by atoms with Crippen molar-refractivity contribution >= 4 is 23.4 Å². The number of carbonyl (C=O) groups is 2. The smallest absolute Gasteiger partial charge is 0.257 e. The minimum Gasteiger partial charge on any atom is -0.484 e.